The molecule has 15 heavy (non-hydrogen) atoms. The largest absolute Gasteiger partial charge is 0.384 e. The van der Waals surface area contributed by atoms with Crippen LogP contribution in [0.2, 0.25) is 0 Å². The summed E-state index contributed by atoms with van der Waals surface area (Å²) < 4.78 is 10.1. The van der Waals surface area contributed by atoms with E-state index in [2.05, 4.69) is 17.1 Å². The molecule has 0 spiro atoms. The van der Waals surface area contributed by atoms with E-state index in [1.165, 1.54) is 0 Å². The molecule has 0 fully saturated rings. The van der Waals surface area contributed by atoms with Crippen LogP contribution in [0.25, 0.3) is 0 Å². The third-order valence-electron chi connectivity index (χ3n) is 2.28. The highest BCUT2D eigenvalue weighted by Crippen LogP contribution is 2.17. The zero-order valence-electron chi connectivity index (χ0n) is 9.40. The summed E-state index contributed by atoms with van der Waals surface area (Å²) in [5, 5.41) is 3.88. The second kappa shape index (κ2) is 6.53. The van der Waals surface area contributed by atoms with Gasteiger partial charge in [0.25, 0.3) is 0 Å². The molecule has 0 aliphatic rings. The molecule has 5 nitrogen and oxygen atoms in total. The van der Waals surface area contributed by atoms with Crippen LogP contribution < -0.4 is 5.73 Å². The van der Waals surface area contributed by atoms with E-state index in [4.69, 9.17) is 15.0 Å². The zero-order chi connectivity index (χ0) is 11.1. The normalized spacial score (nSPS) is 13.0. The van der Waals surface area contributed by atoms with Crippen molar-refractivity contribution in [2.75, 3.05) is 20.3 Å². The molecule has 1 aromatic heterocycles. The Morgan fingerprint density at radius 1 is 1.53 bits per heavy atom. The van der Waals surface area contributed by atoms with Gasteiger partial charge in [-0.05, 0) is 6.42 Å². The molecule has 1 aromatic rings. The maximum Gasteiger partial charge on any atom is 0.231 e. The highest BCUT2D eigenvalue weighted by molar-refractivity contribution is 4.94. The molecule has 86 valence electrons. The van der Waals surface area contributed by atoms with E-state index in [1.54, 1.807) is 7.11 Å². The Balaban J connectivity index is 2.56. The molecular weight excluding hydrogens is 194 g/mol. The highest BCUT2D eigenvalue weighted by atomic mass is 16.5. The minimum absolute atomic E-state index is 0.193. The van der Waals surface area contributed by atoms with Gasteiger partial charge in [-0.15, -0.1) is 0 Å². The van der Waals surface area contributed by atoms with Gasteiger partial charge in [0.2, 0.25) is 5.89 Å². The van der Waals surface area contributed by atoms with Crippen LogP contribution in [-0.2, 0) is 11.2 Å². The van der Waals surface area contributed by atoms with Crippen LogP contribution in [0.4, 0.5) is 0 Å². The van der Waals surface area contributed by atoms with E-state index in [1.807, 2.05) is 0 Å². The number of ether oxygens (including phenoxy) is 1. The van der Waals surface area contributed by atoms with Gasteiger partial charge in [0.1, 0.15) is 0 Å². The topological polar surface area (TPSA) is 74.2 Å². The van der Waals surface area contributed by atoms with E-state index in [0.717, 1.165) is 12.8 Å². The Bertz CT molecular complexity index is 275. The number of aromatic nitrogens is 2. The molecule has 5 heteroatoms. The summed E-state index contributed by atoms with van der Waals surface area (Å²) in [5.74, 6) is 1.55. The lowest BCUT2D eigenvalue weighted by Gasteiger charge is -2.06. The predicted octanol–water partition coefficient (Wildman–Crippen LogP) is 1.10. The zero-order valence-corrected chi connectivity index (χ0v) is 9.40. The Kier molecular flexibility index (Phi) is 5.28. The minimum Gasteiger partial charge on any atom is -0.384 e. The molecule has 1 unspecified atom stereocenters. The monoisotopic (exact) mass is 213 g/mol. The van der Waals surface area contributed by atoms with Gasteiger partial charge in [0, 0.05) is 20.1 Å². The maximum atomic E-state index is 5.65. The second-order valence-electron chi connectivity index (χ2n) is 3.51. The Hall–Kier alpha value is -0.940. The fourth-order valence-electron chi connectivity index (χ4n) is 1.42. The van der Waals surface area contributed by atoms with Crippen molar-refractivity contribution in [3.8, 4) is 0 Å². The minimum atomic E-state index is 0.193. The number of rotatable bonds is 7. The van der Waals surface area contributed by atoms with Crippen LogP contribution >= 0.6 is 0 Å². The highest BCUT2D eigenvalue weighted by Gasteiger charge is 2.16. The van der Waals surface area contributed by atoms with E-state index < -0.39 is 0 Å². The molecule has 0 saturated carbocycles. The standard InChI is InChI=1S/C10H19N3O2/c1-3-4-8(7-11)10-12-9(13-15-10)5-6-14-2/h8H,3-7,11H2,1-2H3. The van der Waals surface area contributed by atoms with Gasteiger partial charge in [0.15, 0.2) is 5.82 Å². The average molecular weight is 213 g/mol. The van der Waals surface area contributed by atoms with Crippen LogP contribution in [-0.4, -0.2) is 30.4 Å². The van der Waals surface area contributed by atoms with Crippen LogP contribution in [0, 0.1) is 0 Å². The predicted molar refractivity (Wildman–Crippen MR) is 56.6 cm³/mol. The number of nitrogens with zero attached hydrogens (tertiary/aromatic N) is 2. The van der Waals surface area contributed by atoms with E-state index in [0.29, 0.717) is 31.3 Å². The van der Waals surface area contributed by atoms with E-state index >= 15 is 0 Å². The molecular formula is C10H19N3O2. The number of nitrogens with two attached hydrogens (primary N) is 1. The molecule has 1 heterocycles. The molecule has 0 aliphatic heterocycles. The number of methoxy groups -OCH3 is 1. The molecule has 2 N–H and O–H groups in total. The molecule has 0 aromatic carbocycles. The summed E-state index contributed by atoms with van der Waals surface area (Å²) in [4.78, 5) is 4.30. The van der Waals surface area contributed by atoms with Gasteiger partial charge in [0.05, 0.1) is 12.5 Å². The number of hydrogen-bond donors (Lipinski definition) is 1. The van der Waals surface area contributed by atoms with Crippen molar-refractivity contribution in [2.24, 2.45) is 5.73 Å². The SMILES string of the molecule is CCCC(CN)c1nc(CCOC)no1. The Morgan fingerprint density at radius 3 is 2.93 bits per heavy atom. The third kappa shape index (κ3) is 3.60. The van der Waals surface area contributed by atoms with E-state index in [-0.39, 0.29) is 5.92 Å². The first-order chi connectivity index (χ1) is 7.31. The van der Waals surface area contributed by atoms with Crippen LogP contribution in [0.5, 0.6) is 0 Å². The van der Waals surface area contributed by atoms with Gasteiger partial charge in [-0.1, -0.05) is 18.5 Å². The van der Waals surface area contributed by atoms with E-state index in [9.17, 15) is 0 Å². The van der Waals surface area contributed by atoms with Gasteiger partial charge >= 0.3 is 0 Å². The Labute approximate surface area is 90.0 Å². The first-order valence-electron chi connectivity index (χ1n) is 5.33. The second-order valence-corrected chi connectivity index (χ2v) is 3.51. The lowest BCUT2D eigenvalue weighted by Crippen LogP contribution is -2.12. The number of hydrogen-bond acceptors (Lipinski definition) is 5. The molecule has 1 atom stereocenters. The van der Waals surface area contributed by atoms with Gasteiger partial charge in [-0.2, -0.15) is 4.98 Å². The lowest BCUT2D eigenvalue weighted by atomic mass is 10.0. The molecule has 0 amide bonds. The van der Waals surface area contributed by atoms with Crippen molar-refractivity contribution < 1.29 is 9.26 Å². The van der Waals surface area contributed by atoms with Crippen molar-refractivity contribution >= 4 is 0 Å². The maximum absolute atomic E-state index is 5.65. The van der Waals surface area contributed by atoms with Crippen molar-refractivity contribution in [2.45, 2.75) is 32.1 Å². The molecule has 1 rings (SSSR count). The fourth-order valence-corrected chi connectivity index (χ4v) is 1.42. The summed E-state index contributed by atoms with van der Waals surface area (Å²) in [7, 11) is 1.65. The molecule has 0 aliphatic carbocycles. The van der Waals surface area contributed by atoms with Gasteiger partial charge < -0.3 is 15.0 Å². The quantitative estimate of drug-likeness (QED) is 0.734. The summed E-state index contributed by atoms with van der Waals surface area (Å²) in [6.45, 7) is 3.28. The van der Waals surface area contributed by atoms with Crippen LogP contribution in [0.15, 0.2) is 4.52 Å². The lowest BCUT2D eigenvalue weighted by molar-refractivity contribution is 0.199. The fraction of sp³-hybridized carbons (Fsp3) is 0.800. The smallest absolute Gasteiger partial charge is 0.231 e. The first-order valence-corrected chi connectivity index (χ1v) is 5.33. The summed E-state index contributed by atoms with van der Waals surface area (Å²) in [5.41, 5.74) is 5.65. The summed E-state index contributed by atoms with van der Waals surface area (Å²) in [6.07, 6.45) is 2.74. The van der Waals surface area contributed by atoms with Gasteiger partial charge in [-0.25, -0.2) is 0 Å². The molecule has 0 bridgehead atoms. The third-order valence-corrected chi connectivity index (χ3v) is 2.28. The average Bonchev–Trinajstić information content (AvgIpc) is 2.71. The first kappa shape index (κ1) is 12.1. The van der Waals surface area contributed by atoms with Gasteiger partial charge in [-0.3, -0.25) is 0 Å². The Morgan fingerprint density at radius 2 is 2.33 bits per heavy atom. The van der Waals surface area contributed by atoms with Crippen molar-refractivity contribution in [1.29, 1.82) is 0 Å². The summed E-state index contributed by atoms with van der Waals surface area (Å²) >= 11 is 0. The summed E-state index contributed by atoms with van der Waals surface area (Å²) in [6, 6.07) is 0. The van der Waals surface area contributed by atoms with Crippen LogP contribution in [0.3, 0.4) is 0 Å². The molecule has 0 saturated heterocycles. The van der Waals surface area contributed by atoms with Crippen LogP contribution in [0.1, 0.15) is 37.4 Å². The molecule has 0 radical (unpaired) electrons. The van der Waals surface area contributed by atoms with Crippen molar-refractivity contribution in [1.82, 2.24) is 10.1 Å². The van der Waals surface area contributed by atoms with Crippen molar-refractivity contribution in [3.05, 3.63) is 11.7 Å². The van der Waals surface area contributed by atoms with Crippen molar-refractivity contribution in [3.63, 3.8) is 0 Å².